The molecule has 188 valence electrons. The predicted molar refractivity (Wildman–Crippen MR) is 137 cm³/mol. The first-order chi connectivity index (χ1) is 17.4. The van der Waals surface area contributed by atoms with Crippen LogP contribution in [0, 0.1) is 18.7 Å². The molecule has 0 aliphatic carbocycles. The van der Waals surface area contributed by atoms with Crippen LogP contribution in [0.3, 0.4) is 0 Å². The van der Waals surface area contributed by atoms with Crippen molar-refractivity contribution >= 4 is 11.6 Å². The van der Waals surface area contributed by atoms with Crippen LogP contribution in [0.15, 0.2) is 54.6 Å². The maximum atomic E-state index is 13.4. The molecule has 1 unspecified atom stereocenters. The molecule has 6 nitrogen and oxygen atoms in total. The molecule has 1 atom stereocenters. The Morgan fingerprint density at radius 3 is 2.72 bits per heavy atom. The zero-order valence-corrected chi connectivity index (χ0v) is 20.7. The Hall–Kier alpha value is -3.58. The van der Waals surface area contributed by atoms with Crippen molar-refractivity contribution in [3.63, 3.8) is 0 Å². The summed E-state index contributed by atoms with van der Waals surface area (Å²) < 4.78 is 30.4. The van der Waals surface area contributed by atoms with E-state index >= 15 is 0 Å². The number of rotatable bonds is 7. The van der Waals surface area contributed by atoms with Crippen molar-refractivity contribution < 1.29 is 23.4 Å². The minimum atomic E-state index is -0.332. The Balaban J connectivity index is 1.34. The number of halogens is 1. The molecule has 2 aliphatic heterocycles. The van der Waals surface area contributed by atoms with E-state index in [-0.39, 0.29) is 25.1 Å². The molecule has 1 amide bonds. The summed E-state index contributed by atoms with van der Waals surface area (Å²) in [5.74, 6) is 2.22. The lowest BCUT2D eigenvalue weighted by atomic mass is 9.98. The number of carbonyl (C=O) groups excluding carboxylic acids is 1. The lowest BCUT2D eigenvalue weighted by Gasteiger charge is -2.31. The van der Waals surface area contributed by atoms with Gasteiger partial charge in [-0.3, -0.25) is 9.69 Å². The zero-order chi connectivity index (χ0) is 25.1. The van der Waals surface area contributed by atoms with Crippen molar-refractivity contribution in [2.45, 2.75) is 33.2 Å². The number of carbonyl (C=O) groups is 1. The highest BCUT2D eigenvalue weighted by molar-refractivity contribution is 5.92. The Bertz CT molecular complexity index is 1260. The van der Waals surface area contributed by atoms with Gasteiger partial charge in [-0.1, -0.05) is 19.1 Å². The van der Waals surface area contributed by atoms with Crippen LogP contribution in [-0.2, 0) is 11.3 Å². The molecule has 0 bridgehead atoms. The molecule has 2 aliphatic rings. The van der Waals surface area contributed by atoms with E-state index in [1.165, 1.54) is 25.0 Å². The maximum Gasteiger partial charge on any atom is 0.262 e. The number of nitrogens with zero attached hydrogens (tertiary/aromatic N) is 1. The number of ether oxygens (including phenoxy) is 3. The van der Waals surface area contributed by atoms with Gasteiger partial charge in [0.05, 0.1) is 0 Å². The van der Waals surface area contributed by atoms with Gasteiger partial charge in [0, 0.05) is 24.3 Å². The lowest BCUT2D eigenvalue weighted by Crippen LogP contribution is -2.33. The molecule has 3 aromatic carbocycles. The van der Waals surface area contributed by atoms with E-state index in [0.717, 1.165) is 47.8 Å². The van der Waals surface area contributed by atoms with Crippen LogP contribution in [0.5, 0.6) is 17.2 Å². The molecular weight excluding hydrogens is 459 g/mol. The van der Waals surface area contributed by atoms with Gasteiger partial charge in [0.2, 0.25) is 6.79 Å². The van der Waals surface area contributed by atoms with E-state index in [1.807, 2.05) is 30.3 Å². The molecule has 5 rings (SSSR count). The van der Waals surface area contributed by atoms with Gasteiger partial charge >= 0.3 is 0 Å². The van der Waals surface area contributed by atoms with Crippen LogP contribution >= 0.6 is 0 Å². The Kier molecular flexibility index (Phi) is 7.09. The van der Waals surface area contributed by atoms with Crippen molar-refractivity contribution in [1.82, 2.24) is 4.90 Å². The number of hydrogen-bond donors (Lipinski definition) is 1. The lowest BCUT2D eigenvalue weighted by molar-refractivity contribution is -0.118. The molecule has 1 fully saturated rings. The van der Waals surface area contributed by atoms with E-state index < -0.39 is 0 Å². The van der Waals surface area contributed by atoms with Crippen LogP contribution in [0.4, 0.5) is 10.1 Å². The molecule has 36 heavy (non-hydrogen) atoms. The van der Waals surface area contributed by atoms with E-state index in [2.05, 4.69) is 23.2 Å². The molecule has 3 aromatic rings. The number of anilines is 1. The Morgan fingerprint density at radius 1 is 1.08 bits per heavy atom. The van der Waals surface area contributed by atoms with Gasteiger partial charge in [0.1, 0.15) is 11.6 Å². The molecule has 0 spiro atoms. The molecular formula is C29H31FN2O4. The summed E-state index contributed by atoms with van der Waals surface area (Å²) in [6.07, 6.45) is 2.43. The standard InChI is InChI=1S/C29H31FN2O4/c1-19-4-3-11-32(15-19)16-23-13-21(22-6-10-27-28(14-22)36-18-35-27)5-9-26(23)34-17-29(33)31-25-8-7-24(30)12-20(25)2/h5-10,12-14,19H,3-4,11,15-18H2,1-2H3,(H,31,33). The molecule has 7 heteroatoms. The Morgan fingerprint density at radius 2 is 1.89 bits per heavy atom. The quantitative estimate of drug-likeness (QED) is 0.455. The summed E-state index contributed by atoms with van der Waals surface area (Å²) in [6.45, 7) is 6.98. The molecule has 1 N–H and O–H groups in total. The van der Waals surface area contributed by atoms with Gasteiger partial charge in [-0.2, -0.15) is 0 Å². The fourth-order valence-corrected chi connectivity index (χ4v) is 4.87. The maximum absolute atomic E-state index is 13.4. The predicted octanol–water partition coefficient (Wildman–Crippen LogP) is 5.78. The third kappa shape index (κ3) is 5.62. The number of nitrogens with one attached hydrogen (secondary N) is 1. The molecule has 1 saturated heterocycles. The summed E-state index contributed by atoms with van der Waals surface area (Å²) in [4.78, 5) is 15.0. The average Bonchev–Trinajstić information content (AvgIpc) is 3.33. The highest BCUT2D eigenvalue weighted by atomic mass is 19.1. The highest BCUT2D eigenvalue weighted by Gasteiger charge is 2.20. The topological polar surface area (TPSA) is 60.0 Å². The van der Waals surface area contributed by atoms with Gasteiger partial charge in [-0.05, 0) is 91.4 Å². The van der Waals surface area contributed by atoms with Gasteiger partial charge in [0.25, 0.3) is 5.91 Å². The third-order valence-electron chi connectivity index (χ3n) is 6.72. The Labute approximate surface area is 211 Å². The molecule has 2 heterocycles. The third-order valence-corrected chi connectivity index (χ3v) is 6.72. The van der Waals surface area contributed by atoms with Crippen LogP contribution in [0.2, 0.25) is 0 Å². The van der Waals surface area contributed by atoms with Crippen LogP contribution in [0.1, 0.15) is 30.9 Å². The number of aryl methyl sites for hydroxylation is 1. The van der Waals surface area contributed by atoms with Crippen molar-refractivity contribution in [2.24, 2.45) is 5.92 Å². The number of fused-ring (bicyclic) bond motifs is 1. The second-order valence-electron chi connectivity index (χ2n) is 9.67. The van der Waals surface area contributed by atoms with E-state index in [9.17, 15) is 9.18 Å². The summed E-state index contributed by atoms with van der Waals surface area (Å²) in [7, 11) is 0. The number of benzene rings is 3. The van der Waals surface area contributed by atoms with E-state index in [4.69, 9.17) is 14.2 Å². The first kappa shape index (κ1) is 24.1. The number of amides is 1. The monoisotopic (exact) mass is 490 g/mol. The largest absolute Gasteiger partial charge is 0.483 e. The highest BCUT2D eigenvalue weighted by Crippen LogP contribution is 2.37. The second-order valence-corrected chi connectivity index (χ2v) is 9.67. The van der Waals surface area contributed by atoms with Crippen molar-refractivity contribution in [3.05, 3.63) is 71.5 Å². The van der Waals surface area contributed by atoms with Gasteiger partial charge in [-0.15, -0.1) is 0 Å². The second kappa shape index (κ2) is 10.6. The van der Waals surface area contributed by atoms with Gasteiger partial charge in [0.15, 0.2) is 18.1 Å². The minimum absolute atomic E-state index is 0.135. The minimum Gasteiger partial charge on any atom is -0.483 e. The zero-order valence-electron chi connectivity index (χ0n) is 20.7. The normalized spacial score (nSPS) is 17.1. The fourth-order valence-electron chi connectivity index (χ4n) is 4.87. The van der Waals surface area contributed by atoms with Crippen molar-refractivity contribution in [2.75, 3.05) is 31.8 Å². The fraction of sp³-hybridized carbons (Fsp3) is 0.345. The number of hydrogen-bond acceptors (Lipinski definition) is 5. The first-order valence-corrected chi connectivity index (χ1v) is 12.4. The first-order valence-electron chi connectivity index (χ1n) is 12.4. The van der Waals surface area contributed by atoms with Crippen molar-refractivity contribution in [1.29, 1.82) is 0 Å². The van der Waals surface area contributed by atoms with Crippen LogP contribution in [-0.4, -0.2) is 37.3 Å². The number of piperidine rings is 1. The summed E-state index contributed by atoms with van der Waals surface area (Å²) in [5, 5.41) is 2.81. The van der Waals surface area contributed by atoms with Crippen LogP contribution < -0.4 is 19.5 Å². The summed E-state index contributed by atoms with van der Waals surface area (Å²) in [6, 6.07) is 16.3. The summed E-state index contributed by atoms with van der Waals surface area (Å²) in [5.41, 5.74) is 4.35. The van der Waals surface area contributed by atoms with Gasteiger partial charge in [-0.25, -0.2) is 4.39 Å². The van der Waals surface area contributed by atoms with Crippen LogP contribution in [0.25, 0.3) is 11.1 Å². The molecule has 0 radical (unpaired) electrons. The summed E-state index contributed by atoms with van der Waals surface area (Å²) >= 11 is 0. The SMILES string of the molecule is Cc1cc(F)ccc1NC(=O)COc1ccc(-c2ccc3c(c2)OCO3)cc1CN1CCCC(C)C1. The average molecular weight is 491 g/mol. The molecule has 0 aromatic heterocycles. The smallest absolute Gasteiger partial charge is 0.262 e. The number of likely N-dealkylation sites (tertiary alicyclic amines) is 1. The van der Waals surface area contributed by atoms with Gasteiger partial charge < -0.3 is 19.5 Å². The van der Waals surface area contributed by atoms with E-state index in [0.29, 0.717) is 22.9 Å². The van der Waals surface area contributed by atoms with Crippen molar-refractivity contribution in [3.8, 4) is 28.4 Å². The molecule has 0 saturated carbocycles. The van der Waals surface area contributed by atoms with E-state index in [1.54, 1.807) is 13.0 Å².